The highest BCUT2D eigenvalue weighted by Crippen LogP contribution is 2.39. The van der Waals surface area contributed by atoms with Crippen molar-refractivity contribution in [3.8, 4) is 11.5 Å². The van der Waals surface area contributed by atoms with Gasteiger partial charge in [0.15, 0.2) is 11.5 Å². The number of carbonyl (C=O) groups excluding carboxylic acids is 2. The lowest BCUT2D eigenvalue weighted by atomic mass is 9.93. The lowest BCUT2D eigenvalue weighted by Gasteiger charge is -2.16. The Morgan fingerprint density at radius 1 is 0.962 bits per heavy atom. The molecule has 2 aliphatic rings. The van der Waals surface area contributed by atoms with E-state index in [-0.39, 0.29) is 5.91 Å². The molecule has 0 spiro atoms. The van der Waals surface area contributed by atoms with Crippen LogP contribution in [-0.4, -0.2) is 37.8 Å². The van der Waals surface area contributed by atoms with Gasteiger partial charge in [0.05, 0.1) is 19.9 Å². The number of hydrogen-bond acceptors (Lipinski definition) is 6. The van der Waals surface area contributed by atoms with Crippen molar-refractivity contribution in [3.05, 3.63) is 54.1 Å². The third-order valence-electron chi connectivity index (χ3n) is 4.51. The van der Waals surface area contributed by atoms with Gasteiger partial charge in [-0.2, -0.15) is 0 Å². The molecule has 26 heavy (non-hydrogen) atoms. The molecular formula is C19H16N2O5. The van der Waals surface area contributed by atoms with Gasteiger partial charge in [-0.05, 0) is 24.3 Å². The van der Waals surface area contributed by atoms with E-state index in [1.807, 2.05) is 6.07 Å². The Morgan fingerprint density at radius 2 is 1.73 bits per heavy atom. The number of para-hydroxylation sites is 2. The molecule has 0 aliphatic carbocycles. The van der Waals surface area contributed by atoms with Crippen molar-refractivity contribution < 1.29 is 23.9 Å². The van der Waals surface area contributed by atoms with Gasteiger partial charge in [0.25, 0.3) is 5.91 Å². The number of amides is 2. The van der Waals surface area contributed by atoms with E-state index in [0.29, 0.717) is 28.5 Å². The minimum Gasteiger partial charge on any atom is -0.493 e. The number of fused-ring (bicyclic) bond motifs is 1. The smallest absolute Gasteiger partial charge is 0.278 e. The fourth-order valence-corrected chi connectivity index (χ4v) is 3.32. The van der Waals surface area contributed by atoms with Crippen LogP contribution >= 0.6 is 0 Å². The van der Waals surface area contributed by atoms with Crippen LogP contribution in [0.5, 0.6) is 11.5 Å². The maximum absolute atomic E-state index is 13.0. The minimum absolute atomic E-state index is 0.363. The summed E-state index contributed by atoms with van der Waals surface area (Å²) >= 11 is 0. The molecule has 2 atom stereocenters. The zero-order chi connectivity index (χ0) is 18.3. The lowest BCUT2D eigenvalue weighted by Crippen LogP contribution is -2.33. The first-order chi connectivity index (χ1) is 12.7. The number of anilines is 1. The molecule has 7 heteroatoms. The van der Waals surface area contributed by atoms with Gasteiger partial charge >= 0.3 is 0 Å². The second kappa shape index (κ2) is 6.18. The van der Waals surface area contributed by atoms with Crippen LogP contribution in [0.3, 0.4) is 0 Å². The molecule has 2 aromatic rings. The highest BCUT2D eigenvalue weighted by atomic mass is 16.7. The molecular weight excluding hydrogens is 336 g/mol. The molecule has 2 amide bonds. The Bertz CT molecular complexity index is 909. The summed E-state index contributed by atoms with van der Waals surface area (Å²) in [5.41, 5.74) is 1.44. The van der Waals surface area contributed by atoms with E-state index in [1.165, 1.54) is 14.2 Å². The SMILES string of the molecule is COc1cccc(C2=NO[C@H]3C(=O)N(c4ccccc4)C(=O)[C@@H]23)c1OC. The summed E-state index contributed by atoms with van der Waals surface area (Å²) in [6.07, 6.45) is -0.964. The van der Waals surface area contributed by atoms with Crippen molar-refractivity contribution in [2.45, 2.75) is 6.10 Å². The Balaban J connectivity index is 1.75. The summed E-state index contributed by atoms with van der Waals surface area (Å²) in [5, 5.41) is 4.02. The topological polar surface area (TPSA) is 77.4 Å². The quantitative estimate of drug-likeness (QED) is 0.787. The highest BCUT2D eigenvalue weighted by Gasteiger charge is 2.56. The molecule has 1 fully saturated rings. The molecule has 0 unspecified atom stereocenters. The normalized spacial score (nSPS) is 21.3. The number of rotatable bonds is 4. The minimum atomic E-state index is -0.964. The Labute approximate surface area is 149 Å². The van der Waals surface area contributed by atoms with Crippen molar-refractivity contribution in [1.29, 1.82) is 0 Å². The van der Waals surface area contributed by atoms with Crippen LogP contribution in [0.4, 0.5) is 5.69 Å². The molecule has 2 aliphatic heterocycles. The summed E-state index contributed by atoms with van der Waals surface area (Å²) in [4.78, 5) is 32.2. The molecule has 1 saturated heterocycles. The van der Waals surface area contributed by atoms with Crippen molar-refractivity contribution >= 4 is 23.2 Å². The lowest BCUT2D eigenvalue weighted by molar-refractivity contribution is -0.126. The standard InChI is InChI=1S/C19H16N2O5/c1-24-13-10-6-9-12(16(13)25-2)15-14-17(26-20-15)19(23)21(18(14)22)11-7-4-3-5-8-11/h3-10,14,17H,1-2H3/t14-,17+/m0/s1. The Morgan fingerprint density at radius 3 is 2.42 bits per heavy atom. The van der Waals surface area contributed by atoms with Crippen LogP contribution < -0.4 is 14.4 Å². The predicted octanol–water partition coefficient (Wildman–Crippen LogP) is 2.00. The van der Waals surface area contributed by atoms with Gasteiger partial charge in [-0.25, -0.2) is 4.90 Å². The Hall–Kier alpha value is -3.35. The van der Waals surface area contributed by atoms with E-state index in [4.69, 9.17) is 14.3 Å². The van der Waals surface area contributed by atoms with Crippen LogP contribution in [0.1, 0.15) is 5.56 Å². The number of hydrogen-bond donors (Lipinski definition) is 0. The van der Waals surface area contributed by atoms with Gasteiger partial charge in [-0.1, -0.05) is 29.4 Å². The number of oxime groups is 1. The summed E-state index contributed by atoms with van der Waals surface area (Å²) in [6, 6.07) is 14.0. The van der Waals surface area contributed by atoms with Gasteiger partial charge in [0.1, 0.15) is 11.6 Å². The summed E-state index contributed by atoms with van der Waals surface area (Å²) in [5.74, 6) is -0.660. The molecule has 0 saturated carbocycles. The first-order valence-corrected chi connectivity index (χ1v) is 8.05. The molecule has 0 aromatic heterocycles. The second-order valence-corrected chi connectivity index (χ2v) is 5.87. The predicted molar refractivity (Wildman–Crippen MR) is 93.4 cm³/mol. The fraction of sp³-hybridized carbons (Fsp3) is 0.211. The number of ether oxygens (including phenoxy) is 2. The van der Waals surface area contributed by atoms with Crippen LogP contribution in [0.25, 0.3) is 0 Å². The number of imide groups is 1. The zero-order valence-corrected chi connectivity index (χ0v) is 14.2. The van der Waals surface area contributed by atoms with Crippen molar-refractivity contribution in [3.63, 3.8) is 0 Å². The van der Waals surface area contributed by atoms with Gasteiger partial charge in [0.2, 0.25) is 12.0 Å². The number of carbonyl (C=O) groups is 2. The summed E-state index contributed by atoms with van der Waals surface area (Å²) in [6.45, 7) is 0. The van der Waals surface area contributed by atoms with Crippen molar-refractivity contribution in [2.24, 2.45) is 11.1 Å². The third-order valence-corrected chi connectivity index (χ3v) is 4.51. The molecule has 7 nitrogen and oxygen atoms in total. The monoisotopic (exact) mass is 352 g/mol. The average Bonchev–Trinajstić information content (AvgIpc) is 3.22. The third kappa shape index (κ3) is 2.24. The summed E-state index contributed by atoms with van der Waals surface area (Å²) in [7, 11) is 3.03. The van der Waals surface area contributed by atoms with Crippen LogP contribution in [0.15, 0.2) is 53.7 Å². The molecule has 4 rings (SSSR count). The molecule has 0 N–H and O–H groups in total. The van der Waals surface area contributed by atoms with E-state index in [9.17, 15) is 9.59 Å². The molecule has 0 bridgehead atoms. The average molecular weight is 352 g/mol. The van der Waals surface area contributed by atoms with E-state index in [1.54, 1.807) is 42.5 Å². The number of methoxy groups -OCH3 is 2. The fourth-order valence-electron chi connectivity index (χ4n) is 3.32. The van der Waals surface area contributed by atoms with E-state index >= 15 is 0 Å². The van der Waals surface area contributed by atoms with E-state index < -0.39 is 17.9 Å². The Kier molecular flexibility index (Phi) is 3.84. The molecule has 132 valence electrons. The van der Waals surface area contributed by atoms with Crippen LogP contribution in [-0.2, 0) is 14.4 Å². The van der Waals surface area contributed by atoms with Gasteiger partial charge in [-0.15, -0.1) is 0 Å². The van der Waals surface area contributed by atoms with Gasteiger partial charge in [0, 0.05) is 5.56 Å². The largest absolute Gasteiger partial charge is 0.493 e. The first-order valence-electron chi connectivity index (χ1n) is 8.05. The second-order valence-electron chi connectivity index (χ2n) is 5.87. The van der Waals surface area contributed by atoms with Crippen LogP contribution in [0, 0.1) is 5.92 Å². The first kappa shape index (κ1) is 16.1. The molecule has 0 radical (unpaired) electrons. The molecule has 2 heterocycles. The number of nitrogens with zero attached hydrogens (tertiary/aromatic N) is 2. The number of benzene rings is 2. The van der Waals surface area contributed by atoms with Crippen LogP contribution in [0.2, 0.25) is 0 Å². The van der Waals surface area contributed by atoms with Crippen molar-refractivity contribution in [1.82, 2.24) is 0 Å². The van der Waals surface area contributed by atoms with Gasteiger partial charge in [-0.3, -0.25) is 9.59 Å². The van der Waals surface area contributed by atoms with Crippen molar-refractivity contribution in [2.75, 3.05) is 19.1 Å². The maximum atomic E-state index is 13.0. The maximum Gasteiger partial charge on any atom is 0.278 e. The van der Waals surface area contributed by atoms with Gasteiger partial charge < -0.3 is 14.3 Å². The van der Waals surface area contributed by atoms with E-state index in [2.05, 4.69) is 5.16 Å². The summed E-state index contributed by atoms with van der Waals surface area (Å²) < 4.78 is 10.7. The molecule has 2 aromatic carbocycles. The zero-order valence-electron chi connectivity index (χ0n) is 14.2. The highest BCUT2D eigenvalue weighted by molar-refractivity contribution is 6.32. The van der Waals surface area contributed by atoms with E-state index in [0.717, 1.165) is 4.90 Å².